The highest BCUT2D eigenvalue weighted by molar-refractivity contribution is 6.10. The largest absolute Gasteiger partial charge is 0.310 e. The Bertz CT molecular complexity index is 3970. The monoisotopic (exact) mass is 933 g/mol. The van der Waals surface area contributed by atoms with Crippen LogP contribution in [0.25, 0.3) is 77.5 Å². The van der Waals surface area contributed by atoms with E-state index in [2.05, 4.69) is 282 Å². The summed E-state index contributed by atoms with van der Waals surface area (Å²) in [6.45, 7) is 11.6. The quantitative estimate of drug-likeness (QED) is 0.161. The van der Waals surface area contributed by atoms with Crippen LogP contribution in [-0.2, 0) is 16.2 Å². The molecule has 1 spiro atoms. The SMILES string of the molecule is CC(C)(C)c1ccc(-c2ccc(-c3ccc(N(c4ccc5c(c4)-c4ccccc4C54c5ccccc5-c5ccccc54)c4ccc5ccccc5c4-c4cccc5c4-c4ccccc4C5(C)C)cc3)cc2)cc1. The third-order valence-corrected chi connectivity index (χ3v) is 16.7. The fourth-order valence-electron chi connectivity index (χ4n) is 13.2. The summed E-state index contributed by atoms with van der Waals surface area (Å²) in [4.78, 5) is 2.53. The Kier molecular flexibility index (Phi) is 9.48. The molecule has 73 heavy (non-hydrogen) atoms. The van der Waals surface area contributed by atoms with Crippen LogP contribution in [-0.4, -0.2) is 0 Å². The molecule has 1 heteroatoms. The average molecular weight is 934 g/mol. The predicted octanol–water partition coefficient (Wildman–Crippen LogP) is 19.3. The van der Waals surface area contributed by atoms with Gasteiger partial charge in [-0.3, -0.25) is 0 Å². The molecule has 0 N–H and O–H groups in total. The van der Waals surface area contributed by atoms with Crippen LogP contribution in [0.4, 0.5) is 17.1 Å². The van der Waals surface area contributed by atoms with Crippen LogP contribution in [0.15, 0.2) is 243 Å². The minimum absolute atomic E-state index is 0.120. The number of hydrogen-bond acceptors (Lipinski definition) is 1. The maximum Gasteiger partial charge on any atom is 0.0725 e. The summed E-state index contributed by atoms with van der Waals surface area (Å²) in [7, 11) is 0. The van der Waals surface area contributed by atoms with E-state index in [1.165, 1.54) is 116 Å². The molecular weight excluding hydrogens is 879 g/mol. The van der Waals surface area contributed by atoms with Crippen LogP contribution in [0.5, 0.6) is 0 Å². The first kappa shape index (κ1) is 43.3. The Hall–Kier alpha value is -8.52. The molecule has 0 heterocycles. The number of hydrogen-bond donors (Lipinski definition) is 0. The molecule has 11 aromatic carbocycles. The normalized spacial score (nSPS) is 14.0. The van der Waals surface area contributed by atoms with Gasteiger partial charge in [-0.1, -0.05) is 247 Å². The van der Waals surface area contributed by atoms with Gasteiger partial charge in [0.1, 0.15) is 0 Å². The number of fused-ring (bicyclic) bond motifs is 14. The van der Waals surface area contributed by atoms with Crippen molar-refractivity contribution in [2.45, 2.75) is 50.9 Å². The van der Waals surface area contributed by atoms with Crippen LogP contribution < -0.4 is 4.90 Å². The first-order chi connectivity index (χ1) is 35.6. The van der Waals surface area contributed by atoms with E-state index >= 15 is 0 Å². The van der Waals surface area contributed by atoms with E-state index < -0.39 is 5.41 Å². The van der Waals surface area contributed by atoms with Crippen LogP contribution in [0.1, 0.15) is 73.6 Å². The van der Waals surface area contributed by atoms with Crippen LogP contribution in [0.2, 0.25) is 0 Å². The van der Waals surface area contributed by atoms with E-state index in [1.807, 2.05) is 0 Å². The Labute approximate surface area is 429 Å². The van der Waals surface area contributed by atoms with Gasteiger partial charge in [-0.25, -0.2) is 0 Å². The molecule has 348 valence electrons. The smallest absolute Gasteiger partial charge is 0.0725 e. The number of nitrogens with zero attached hydrogens (tertiary/aromatic N) is 1. The van der Waals surface area contributed by atoms with E-state index in [-0.39, 0.29) is 10.8 Å². The summed E-state index contributed by atoms with van der Waals surface area (Å²) >= 11 is 0. The highest BCUT2D eigenvalue weighted by Gasteiger charge is 2.51. The molecule has 0 amide bonds. The van der Waals surface area contributed by atoms with Gasteiger partial charge in [-0.05, 0) is 147 Å². The fourth-order valence-corrected chi connectivity index (χ4v) is 13.2. The van der Waals surface area contributed by atoms with E-state index in [4.69, 9.17) is 0 Å². The van der Waals surface area contributed by atoms with Crippen LogP contribution in [0.3, 0.4) is 0 Å². The molecule has 0 aromatic heterocycles. The molecule has 0 radical (unpaired) electrons. The van der Waals surface area contributed by atoms with Gasteiger partial charge in [-0.15, -0.1) is 0 Å². The lowest BCUT2D eigenvalue weighted by atomic mass is 9.70. The lowest BCUT2D eigenvalue weighted by Gasteiger charge is -2.32. The van der Waals surface area contributed by atoms with Crippen molar-refractivity contribution in [2.75, 3.05) is 4.90 Å². The summed E-state index contributed by atoms with van der Waals surface area (Å²) in [5.41, 5.74) is 27.5. The van der Waals surface area contributed by atoms with E-state index in [1.54, 1.807) is 0 Å². The zero-order chi connectivity index (χ0) is 49.2. The van der Waals surface area contributed by atoms with Gasteiger partial charge in [-0.2, -0.15) is 0 Å². The Morgan fingerprint density at radius 2 is 0.781 bits per heavy atom. The van der Waals surface area contributed by atoms with E-state index in [9.17, 15) is 0 Å². The summed E-state index contributed by atoms with van der Waals surface area (Å²) in [6, 6.07) is 91.7. The van der Waals surface area contributed by atoms with Crippen molar-refractivity contribution < 1.29 is 0 Å². The molecule has 0 aliphatic heterocycles. The summed E-state index contributed by atoms with van der Waals surface area (Å²) in [5.74, 6) is 0. The van der Waals surface area contributed by atoms with Crippen molar-refractivity contribution in [3.8, 4) is 66.8 Å². The average Bonchev–Trinajstić information content (AvgIpc) is 4.01. The first-order valence-corrected chi connectivity index (χ1v) is 25.9. The Morgan fingerprint density at radius 3 is 1.38 bits per heavy atom. The molecule has 1 nitrogen and oxygen atoms in total. The van der Waals surface area contributed by atoms with Gasteiger partial charge in [0, 0.05) is 22.4 Å². The van der Waals surface area contributed by atoms with E-state index in [0.29, 0.717) is 0 Å². The molecule has 11 aromatic rings. The number of anilines is 3. The van der Waals surface area contributed by atoms with Gasteiger partial charge in [0.05, 0.1) is 11.1 Å². The van der Waals surface area contributed by atoms with Gasteiger partial charge >= 0.3 is 0 Å². The third kappa shape index (κ3) is 6.34. The van der Waals surface area contributed by atoms with Crippen molar-refractivity contribution in [3.05, 3.63) is 282 Å². The first-order valence-electron chi connectivity index (χ1n) is 25.9. The molecule has 0 fully saturated rings. The standard InChI is InChI=1S/C72H55N/c1-70(2,3)51-38-33-48(34-39-51)46-29-31-47(32-30-46)49-35-40-52(41-36-49)73(67-44-37-50-17-6-7-18-54(50)69(67)59-23-16-28-66-68(59)58-22-11-12-24-61(58)71(66,4)5)53-42-43-65-60(45-53)57-21-10-15-27-64(57)72(65)62-25-13-8-19-55(62)56-20-9-14-26-63(56)72/h6-45H,1-5H3. The number of benzene rings is 11. The van der Waals surface area contributed by atoms with Crippen molar-refractivity contribution in [1.29, 1.82) is 0 Å². The zero-order valence-corrected chi connectivity index (χ0v) is 42.0. The molecule has 3 aliphatic carbocycles. The molecule has 14 rings (SSSR count). The van der Waals surface area contributed by atoms with Crippen LogP contribution in [0, 0.1) is 0 Å². The Balaban J connectivity index is 0.975. The molecule has 0 bridgehead atoms. The van der Waals surface area contributed by atoms with Gasteiger partial charge < -0.3 is 4.90 Å². The van der Waals surface area contributed by atoms with Gasteiger partial charge in [0.15, 0.2) is 0 Å². The second-order valence-electron chi connectivity index (χ2n) is 22.0. The maximum atomic E-state index is 2.53. The highest BCUT2D eigenvalue weighted by atomic mass is 15.1. The molecule has 0 atom stereocenters. The molecule has 0 saturated heterocycles. The molecular formula is C72H55N. The Morgan fingerprint density at radius 1 is 0.329 bits per heavy atom. The minimum Gasteiger partial charge on any atom is -0.310 e. The zero-order valence-electron chi connectivity index (χ0n) is 42.0. The summed E-state index contributed by atoms with van der Waals surface area (Å²) in [5, 5.41) is 2.45. The fraction of sp³-hybridized carbons (Fsp3) is 0.111. The second-order valence-corrected chi connectivity index (χ2v) is 22.0. The van der Waals surface area contributed by atoms with Crippen molar-refractivity contribution in [2.24, 2.45) is 0 Å². The highest BCUT2D eigenvalue weighted by Crippen LogP contribution is 2.64. The minimum atomic E-state index is -0.422. The maximum absolute atomic E-state index is 2.53. The second kappa shape index (κ2) is 16.0. The van der Waals surface area contributed by atoms with Crippen LogP contribution >= 0.6 is 0 Å². The molecule has 0 saturated carbocycles. The molecule has 0 unspecified atom stereocenters. The lowest BCUT2D eigenvalue weighted by Crippen LogP contribution is -2.25. The van der Waals surface area contributed by atoms with Crippen molar-refractivity contribution >= 4 is 27.8 Å². The summed E-state index contributed by atoms with van der Waals surface area (Å²) < 4.78 is 0. The van der Waals surface area contributed by atoms with Gasteiger partial charge in [0.25, 0.3) is 0 Å². The third-order valence-electron chi connectivity index (χ3n) is 16.7. The number of rotatable bonds is 6. The summed E-state index contributed by atoms with van der Waals surface area (Å²) in [6.07, 6.45) is 0. The van der Waals surface area contributed by atoms with Gasteiger partial charge in [0.2, 0.25) is 0 Å². The van der Waals surface area contributed by atoms with E-state index in [0.717, 1.165) is 17.1 Å². The predicted molar refractivity (Wildman–Crippen MR) is 308 cm³/mol. The van der Waals surface area contributed by atoms with Crippen molar-refractivity contribution in [3.63, 3.8) is 0 Å². The molecule has 3 aliphatic rings. The topological polar surface area (TPSA) is 3.24 Å². The van der Waals surface area contributed by atoms with Crippen molar-refractivity contribution in [1.82, 2.24) is 0 Å². The lowest BCUT2D eigenvalue weighted by molar-refractivity contribution is 0.590.